The zero-order valence-corrected chi connectivity index (χ0v) is 13.7. The molecular formula is C17H17N3O3S. The summed E-state index contributed by atoms with van der Waals surface area (Å²) in [5, 5.41) is 13.3. The number of hydrogen-bond donors (Lipinski definition) is 3. The molecule has 0 aliphatic carbocycles. The number of H-pyrrole nitrogens is 1. The quantitative estimate of drug-likeness (QED) is 0.680. The van der Waals surface area contributed by atoms with E-state index in [4.69, 9.17) is 4.42 Å². The molecule has 2 aromatic heterocycles. The lowest BCUT2D eigenvalue weighted by Crippen LogP contribution is -2.45. The Hall–Kier alpha value is -2.25. The van der Waals surface area contributed by atoms with Crippen molar-refractivity contribution in [3.05, 3.63) is 36.6 Å². The van der Waals surface area contributed by atoms with Crippen LogP contribution in [0.25, 0.3) is 22.6 Å². The maximum atomic E-state index is 12.4. The first-order chi connectivity index (χ1) is 11.6. The van der Waals surface area contributed by atoms with Crippen LogP contribution in [-0.2, 0) is 4.79 Å². The molecule has 1 amide bonds. The Labute approximate surface area is 142 Å². The number of benzene rings is 1. The van der Waals surface area contributed by atoms with Crippen molar-refractivity contribution in [2.45, 2.75) is 18.4 Å². The Morgan fingerprint density at radius 1 is 1.33 bits per heavy atom. The van der Waals surface area contributed by atoms with Gasteiger partial charge in [-0.2, -0.15) is 11.8 Å². The van der Waals surface area contributed by atoms with Gasteiger partial charge >= 0.3 is 0 Å². The number of aromatic nitrogens is 2. The van der Waals surface area contributed by atoms with E-state index >= 15 is 0 Å². The largest absolute Gasteiger partial charge is 0.461 e. The van der Waals surface area contributed by atoms with Gasteiger partial charge in [0.25, 0.3) is 5.91 Å². The van der Waals surface area contributed by atoms with Crippen LogP contribution in [-0.4, -0.2) is 38.1 Å². The maximum absolute atomic E-state index is 12.4. The molecular weight excluding hydrogens is 326 g/mol. The van der Waals surface area contributed by atoms with Gasteiger partial charge in [0.2, 0.25) is 0 Å². The van der Waals surface area contributed by atoms with Crippen molar-refractivity contribution in [1.82, 2.24) is 9.97 Å². The number of carbonyl (C=O) groups excluding carboxylic acids is 1. The Bertz CT molecular complexity index is 866. The third-order valence-corrected chi connectivity index (χ3v) is 5.22. The number of imidazole rings is 1. The maximum Gasteiger partial charge on any atom is 0.256 e. The normalized spacial score (nSPS) is 17.0. The van der Waals surface area contributed by atoms with Crippen molar-refractivity contribution in [2.24, 2.45) is 0 Å². The number of furan rings is 1. The van der Waals surface area contributed by atoms with Crippen LogP contribution in [0.2, 0.25) is 0 Å². The predicted molar refractivity (Wildman–Crippen MR) is 93.9 cm³/mol. The van der Waals surface area contributed by atoms with Crippen molar-refractivity contribution in [3.8, 4) is 11.6 Å². The Kier molecular flexibility index (Phi) is 3.82. The highest BCUT2D eigenvalue weighted by atomic mass is 32.2. The van der Waals surface area contributed by atoms with Gasteiger partial charge < -0.3 is 19.8 Å². The number of carbonyl (C=O) groups is 1. The van der Waals surface area contributed by atoms with Crippen molar-refractivity contribution in [2.75, 3.05) is 16.8 Å². The summed E-state index contributed by atoms with van der Waals surface area (Å²) in [5.74, 6) is 2.56. The number of anilines is 1. The number of fused-ring (bicyclic) bond motifs is 1. The molecule has 0 bridgehead atoms. The number of amides is 1. The summed E-state index contributed by atoms with van der Waals surface area (Å²) in [5.41, 5.74) is 0.944. The molecule has 24 heavy (non-hydrogen) atoms. The fourth-order valence-corrected chi connectivity index (χ4v) is 3.97. The van der Waals surface area contributed by atoms with E-state index in [1.165, 1.54) is 0 Å². The molecule has 0 unspecified atom stereocenters. The van der Waals surface area contributed by atoms with Crippen LogP contribution in [0.3, 0.4) is 0 Å². The Balaban J connectivity index is 1.57. The fraction of sp³-hybridized carbons (Fsp3) is 0.294. The molecule has 1 aliphatic rings. The zero-order valence-electron chi connectivity index (χ0n) is 12.9. The van der Waals surface area contributed by atoms with Crippen molar-refractivity contribution in [3.63, 3.8) is 0 Å². The van der Waals surface area contributed by atoms with E-state index in [0.717, 1.165) is 22.5 Å². The molecule has 6 nitrogen and oxygen atoms in total. The van der Waals surface area contributed by atoms with Crippen LogP contribution in [0, 0.1) is 0 Å². The van der Waals surface area contributed by atoms with E-state index < -0.39 is 5.60 Å². The topological polar surface area (TPSA) is 91.2 Å². The molecule has 124 valence electrons. The number of aliphatic hydroxyl groups is 1. The van der Waals surface area contributed by atoms with Crippen LogP contribution in [0.5, 0.6) is 0 Å². The second kappa shape index (κ2) is 5.99. The number of nitrogens with one attached hydrogen (secondary N) is 2. The van der Waals surface area contributed by atoms with Gasteiger partial charge in [-0.05, 0) is 54.7 Å². The minimum atomic E-state index is -1.27. The molecule has 7 heteroatoms. The summed E-state index contributed by atoms with van der Waals surface area (Å²) >= 11 is 1.76. The summed E-state index contributed by atoms with van der Waals surface area (Å²) in [6.45, 7) is 0. The van der Waals surface area contributed by atoms with E-state index in [-0.39, 0.29) is 5.91 Å². The van der Waals surface area contributed by atoms with Gasteiger partial charge in [-0.15, -0.1) is 0 Å². The van der Waals surface area contributed by atoms with Crippen LogP contribution in [0.15, 0.2) is 41.0 Å². The lowest BCUT2D eigenvalue weighted by atomic mass is 9.95. The third-order valence-electron chi connectivity index (χ3n) is 4.24. The van der Waals surface area contributed by atoms with E-state index in [1.54, 1.807) is 30.2 Å². The van der Waals surface area contributed by atoms with Gasteiger partial charge in [0, 0.05) is 5.69 Å². The predicted octanol–water partition coefficient (Wildman–Crippen LogP) is 3.02. The molecule has 1 saturated heterocycles. The number of rotatable bonds is 3. The number of nitrogens with zero attached hydrogens (tertiary/aromatic N) is 1. The third kappa shape index (κ3) is 2.81. The summed E-state index contributed by atoms with van der Waals surface area (Å²) in [7, 11) is 0. The molecule has 1 fully saturated rings. The minimum Gasteiger partial charge on any atom is -0.461 e. The summed E-state index contributed by atoms with van der Waals surface area (Å²) in [6.07, 6.45) is 2.56. The standard InChI is InChI=1S/C17H17N3O3S/c21-16(17(22)5-8-24-9-6-17)18-11-3-4-12-13(10-11)20-15(19-12)14-2-1-7-23-14/h1-4,7,10,22H,5-6,8-9H2,(H,18,21)(H,19,20). The number of thioether (sulfide) groups is 1. The highest BCUT2D eigenvalue weighted by Gasteiger charge is 2.37. The molecule has 4 rings (SSSR count). The van der Waals surface area contributed by atoms with Gasteiger partial charge in [-0.1, -0.05) is 0 Å². The lowest BCUT2D eigenvalue weighted by molar-refractivity contribution is -0.134. The van der Waals surface area contributed by atoms with Gasteiger partial charge in [0.15, 0.2) is 11.6 Å². The van der Waals surface area contributed by atoms with E-state index in [9.17, 15) is 9.90 Å². The molecule has 0 atom stereocenters. The molecule has 0 spiro atoms. The van der Waals surface area contributed by atoms with Crippen molar-refractivity contribution in [1.29, 1.82) is 0 Å². The molecule has 1 aliphatic heterocycles. The SMILES string of the molecule is O=C(Nc1ccc2nc(-c3ccco3)[nH]c2c1)C1(O)CCSCC1. The average Bonchev–Trinajstić information content (AvgIpc) is 3.24. The monoisotopic (exact) mass is 343 g/mol. The minimum absolute atomic E-state index is 0.340. The van der Waals surface area contributed by atoms with Crippen LogP contribution < -0.4 is 5.32 Å². The number of hydrogen-bond acceptors (Lipinski definition) is 5. The Morgan fingerprint density at radius 3 is 2.92 bits per heavy atom. The van der Waals surface area contributed by atoms with Gasteiger partial charge in [0.05, 0.1) is 17.3 Å². The smallest absolute Gasteiger partial charge is 0.256 e. The second-order valence-electron chi connectivity index (χ2n) is 5.89. The van der Waals surface area contributed by atoms with Crippen molar-refractivity contribution < 1.29 is 14.3 Å². The molecule has 3 N–H and O–H groups in total. The first-order valence-corrected chi connectivity index (χ1v) is 8.95. The van der Waals surface area contributed by atoms with Crippen LogP contribution >= 0.6 is 11.8 Å². The van der Waals surface area contributed by atoms with E-state index in [2.05, 4.69) is 15.3 Å². The van der Waals surface area contributed by atoms with Gasteiger partial charge in [-0.25, -0.2) is 4.98 Å². The van der Waals surface area contributed by atoms with E-state index in [1.807, 2.05) is 18.2 Å². The Morgan fingerprint density at radius 2 is 2.17 bits per heavy atom. The summed E-state index contributed by atoms with van der Waals surface area (Å²) in [4.78, 5) is 20.0. The van der Waals surface area contributed by atoms with Crippen molar-refractivity contribution >= 4 is 34.4 Å². The average molecular weight is 343 g/mol. The first-order valence-electron chi connectivity index (χ1n) is 7.79. The summed E-state index contributed by atoms with van der Waals surface area (Å²) in [6, 6.07) is 9.06. The zero-order chi connectivity index (χ0) is 16.6. The number of aromatic amines is 1. The van der Waals surface area contributed by atoms with E-state index in [0.29, 0.717) is 30.1 Å². The van der Waals surface area contributed by atoms with Crippen LogP contribution in [0.4, 0.5) is 5.69 Å². The van der Waals surface area contributed by atoms with Gasteiger partial charge in [0.1, 0.15) is 5.60 Å². The molecule has 3 heterocycles. The second-order valence-corrected chi connectivity index (χ2v) is 7.12. The molecule has 1 aromatic carbocycles. The molecule has 0 radical (unpaired) electrons. The summed E-state index contributed by atoms with van der Waals surface area (Å²) < 4.78 is 5.34. The molecule has 3 aromatic rings. The highest BCUT2D eigenvalue weighted by Crippen LogP contribution is 2.29. The highest BCUT2D eigenvalue weighted by molar-refractivity contribution is 7.99. The lowest BCUT2D eigenvalue weighted by Gasteiger charge is -2.30. The molecule has 0 saturated carbocycles. The van der Waals surface area contributed by atoms with Gasteiger partial charge in [-0.3, -0.25) is 4.79 Å². The fourth-order valence-electron chi connectivity index (χ4n) is 2.80. The van der Waals surface area contributed by atoms with Crippen LogP contribution in [0.1, 0.15) is 12.8 Å². The first kappa shape index (κ1) is 15.3.